The summed E-state index contributed by atoms with van der Waals surface area (Å²) in [6.45, 7) is 4.20. The molecule has 1 aromatic rings. The van der Waals surface area contributed by atoms with Crippen molar-refractivity contribution in [2.45, 2.75) is 38.9 Å². The van der Waals surface area contributed by atoms with E-state index >= 15 is 0 Å². The van der Waals surface area contributed by atoms with Crippen LogP contribution >= 0.6 is 0 Å². The molecule has 0 aliphatic heterocycles. The van der Waals surface area contributed by atoms with Crippen LogP contribution in [-0.4, -0.2) is 35.6 Å². The van der Waals surface area contributed by atoms with E-state index in [1.54, 1.807) is 18.2 Å². The fourth-order valence-corrected chi connectivity index (χ4v) is 1.38. The summed E-state index contributed by atoms with van der Waals surface area (Å²) in [5, 5.41) is 18.9. The van der Waals surface area contributed by atoms with Gasteiger partial charge in [-0.3, -0.25) is 0 Å². The maximum atomic E-state index is 9.45. The topological polar surface area (TPSA) is 84.9 Å². The van der Waals surface area contributed by atoms with E-state index < -0.39 is 12.2 Å². The van der Waals surface area contributed by atoms with Crippen LogP contribution in [-0.2, 0) is 0 Å². The maximum Gasteiger partial charge on any atom is 0.125 e. The molecule has 19 heavy (non-hydrogen) atoms. The van der Waals surface area contributed by atoms with E-state index in [-0.39, 0.29) is 13.2 Å². The first kappa shape index (κ1) is 15.6. The highest BCUT2D eigenvalue weighted by Crippen LogP contribution is 2.24. The third kappa shape index (κ3) is 5.81. The highest BCUT2D eigenvalue weighted by molar-refractivity contribution is 5.50. The van der Waals surface area contributed by atoms with Gasteiger partial charge in [0, 0.05) is 23.9 Å². The second-order valence-electron chi connectivity index (χ2n) is 4.48. The first-order valence-corrected chi connectivity index (χ1v) is 6.57. The van der Waals surface area contributed by atoms with Crippen LogP contribution in [0.3, 0.4) is 0 Å². The third-order valence-corrected chi connectivity index (χ3v) is 2.73. The van der Waals surface area contributed by atoms with Crippen LogP contribution in [0.15, 0.2) is 18.2 Å². The molecule has 0 aliphatic carbocycles. The summed E-state index contributed by atoms with van der Waals surface area (Å²) in [4.78, 5) is 0. The van der Waals surface area contributed by atoms with E-state index in [1.807, 2.05) is 13.8 Å². The number of nitrogen functional groups attached to an aromatic ring is 1. The maximum absolute atomic E-state index is 9.45. The zero-order chi connectivity index (χ0) is 14.3. The Balaban J connectivity index is 2.60. The Bertz CT molecular complexity index is 351. The summed E-state index contributed by atoms with van der Waals surface area (Å²) in [5.74, 6) is 1.10. The van der Waals surface area contributed by atoms with Gasteiger partial charge in [0.15, 0.2) is 0 Å². The fourth-order valence-electron chi connectivity index (χ4n) is 1.38. The minimum atomic E-state index is -0.493. The first-order chi connectivity index (χ1) is 9.05. The van der Waals surface area contributed by atoms with E-state index in [2.05, 4.69) is 0 Å². The number of rotatable bonds is 8. The van der Waals surface area contributed by atoms with Gasteiger partial charge in [-0.15, -0.1) is 0 Å². The highest BCUT2D eigenvalue weighted by Gasteiger charge is 2.07. The summed E-state index contributed by atoms with van der Waals surface area (Å²) in [7, 11) is 0. The van der Waals surface area contributed by atoms with Gasteiger partial charge in [-0.05, 0) is 12.8 Å². The van der Waals surface area contributed by atoms with Gasteiger partial charge in [-0.1, -0.05) is 13.8 Å². The number of aliphatic hydroxyl groups is 2. The van der Waals surface area contributed by atoms with E-state index in [9.17, 15) is 10.2 Å². The number of hydrogen-bond acceptors (Lipinski definition) is 5. The smallest absolute Gasteiger partial charge is 0.125 e. The molecule has 0 saturated carbocycles. The van der Waals surface area contributed by atoms with Crippen LogP contribution in [0.25, 0.3) is 0 Å². The second-order valence-corrected chi connectivity index (χ2v) is 4.48. The Morgan fingerprint density at radius 2 is 1.37 bits per heavy atom. The largest absolute Gasteiger partial charge is 0.491 e. The standard InChI is InChI=1S/C14H23NO4/c1-3-11(16)8-18-13-5-10(15)6-14(7-13)19-9-12(17)4-2/h5-7,11-12,16-17H,3-4,8-9,15H2,1-2H3. The van der Waals surface area contributed by atoms with E-state index in [4.69, 9.17) is 15.2 Å². The van der Waals surface area contributed by atoms with Crippen molar-refractivity contribution in [1.29, 1.82) is 0 Å². The van der Waals surface area contributed by atoms with Crippen molar-refractivity contribution in [3.63, 3.8) is 0 Å². The molecule has 2 unspecified atom stereocenters. The van der Waals surface area contributed by atoms with Gasteiger partial charge in [0.25, 0.3) is 0 Å². The minimum Gasteiger partial charge on any atom is -0.491 e. The average molecular weight is 269 g/mol. The van der Waals surface area contributed by atoms with Gasteiger partial charge in [0.2, 0.25) is 0 Å². The summed E-state index contributed by atoms with van der Waals surface area (Å²) in [6, 6.07) is 5.04. The molecule has 1 aromatic carbocycles. The number of hydrogen-bond donors (Lipinski definition) is 3. The summed E-state index contributed by atoms with van der Waals surface area (Å²) in [6.07, 6.45) is 0.281. The normalized spacial score (nSPS) is 13.9. The molecule has 0 heterocycles. The Hall–Kier alpha value is -1.46. The Morgan fingerprint density at radius 3 is 1.74 bits per heavy atom. The first-order valence-electron chi connectivity index (χ1n) is 6.57. The van der Waals surface area contributed by atoms with Crippen LogP contribution in [0.4, 0.5) is 5.69 Å². The van der Waals surface area contributed by atoms with Crippen LogP contribution in [0, 0.1) is 0 Å². The zero-order valence-electron chi connectivity index (χ0n) is 11.5. The number of anilines is 1. The molecule has 108 valence electrons. The second kappa shape index (κ2) is 7.86. The molecule has 0 bridgehead atoms. The van der Waals surface area contributed by atoms with Crippen molar-refractivity contribution in [2.24, 2.45) is 0 Å². The van der Waals surface area contributed by atoms with Crippen molar-refractivity contribution in [1.82, 2.24) is 0 Å². The van der Waals surface area contributed by atoms with Crippen LogP contribution in [0.1, 0.15) is 26.7 Å². The number of nitrogens with two attached hydrogens (primary N) is 1. The van der Waals surface area contributed by atoms with Crippen molar-refractivity contribution in [3.05, 3.63) is 18.2 Å². The van der Waals surface area contributed by atoms with Crippen molar-refractivity contribution in [3.8, 4) is 11.5 Å². The molecule has 0 aromatic heterocycles. The predicted octanol–water partition coefficient (Wildman–Crippen LogP) is 1.57. The molecule has 0 amide bonds. The SMILES string of the molecule is CCC(O)COc1cc(N)cc(OCC(O)CC)c1. The van der Waals surface area contributed by atoms with E-state index in [1.165, 1.54) is 0 Å². The number of benzene rings is 1. The third-order valence-electron chi connectivity index (χ3n) is 2.73. The average Bonchev–Trinajstić information content (AvgIpc) is 2.41. The lowest BCUT2D eigenvalue weighted by Crippen LogP contribution is -2.17. The lowest BCUT2D eigenvalue weighted by molar-refractivity contribution is 0.101. The molecule has 0 saturated heterocycles. The van der Waals surface area contributed by atoms with Crippen LogP contribution in [0.5, 0.6) is 11.5 Å². The van der Waals surface area contributed by atoms with Crippen molar-refractivity contribution >= 4 is 5.69 Å². The quantitative estimate of drug-likeness (QED) is 0.624. The van der Waals surface area contributed by atoms with Gasteiger partial charge in [-0.25, -0.2) is 0 Å². The summed E-state index contributed by atoms with van der Waals surface area (Å²) >= 11 is 0. The zero-order valence-corrected chi connectivity index (χ0v) is 11.5. The molecule has 2 atom stereocenters. The molecule has 0 spiro atoms. The highest BCUT2D eigenvalue weighted by atomic mass is 16.5. The minimum absolute atomic E-state index is 0.219. The van der Waals surface area contributed by atoms with Crippen molar-refractivity contribution < 1.29 is 19.7 Å². The van der Waals surface area contributed by atoms with Crippen LogP contribution in [0.2, 0.25) is 0 Å². The predicted molar refractivity (Wildman–Crippen MR) is 74.4 cm³/mol. The Kier molecular flexibility index (Phi) is 6.45. The number of ether oxygens (including phenoxy) is 2. The number of aliphatic hydroxyl groups excluding tert-OH is 2. The van der Waals surface area contributed by atoms with Crippen LogP contribution < -0.4 is 15.2 Å². The van der Waals surface area contributed by atoms with Crippen molar-refractivity contribution in [2.75, 3.05) is 18.9 Å². The monoisotopic (exact) mass is 269 g/mol. The molecule has 5 nitrogen and oxygen atoms in total. The van der Waals surface area contributed by atoms with Gasteiger partial charge in [0.1, 0.15) is 24.7 Å². The molecule has 1 rings (SSSR count). The van der Waals surface area contributed by atoms with Gasteiger partial charge < -0.3 is 25.4 Å². The molecular weight excluding hydrogens is 246 g/mol. The Labute approximate surface area is 114 Å². The summed E-state index contributed by atoms with van der Waals surface area (Å²) < 4.78 is 10.9. The molecule has 4 N–H and O–H groups in total. The molecule has 5 heteroatoms. The van der Waals surface area contributed by atoms with Gasteiger partial charge in [0.05, 0.1) is 12.2 Å². The van der Waals surface area contributed by atoms with Gasteiger partial charge >= 0.3 is 0 Å². The fraction of sp³-hybridized carbons (Fsp3) is 0.571. The molecule has 0 fully saturated rings. The molecular formula is C14H23NO4. The molecule has 0 radical (unpaired) electrons. The van der Waals surface area contributed by atoms with Gasteiger partial charge in [-0.2, -0.15) is 0 Å². The summed E-state index contributed by atoms with van der Waals surface area (Å²) in [5.41, 5.74) is 6.27. The van der Waals surface area contributed by atoms with E-state index in [0.29, 0.717) is 30.0 Å². The lowest BCUT2D eigenvalue weighted by atomic mass is 10.2. The lowest BCUT2D eigenvalue weighted by Gasteiger charge is -2.14. The molecule has 0 aliphatic rings. The Morgan fingerprint density at radius 1 is 0.947 bits per heavy atom. The van der Waals surface area contributed by atoms with E-state index in [0.717, 1.165) is 0 Å².